The molecule has 2 aromatic heterocycles. The van der Waals surface area contributed by atoms with Gasteiger partial charge in [0.1, 0.15) is 11.9 Å². The Morgan fingerprint density at radius 3 is 2.93 bits per heavy atom. The average Bonchev–Trinajstić information content (AvgIpc) is 3.38. The molecular weight excluding hydrogens is 413 g/mol. The second kappa shape index (κ2) is 7.31. The van der Waals surface area contributed by atoms with Crippen LogP contribution >= 0.6 is 22.9 Å². The molecule has 27 heavy (non-hydrogen) atoms. The quantitative estimate of drug-likeness (QED) is 0.608. The molecule has 142 valence electrons. The van der Waals surface area contributed by atoms with E-state index in [2.05, 4.69) is 10.2 Å². The third kappa shape index (κ3) is 3.77. The molecule has 1 saturated heterocycles. The van der Waals surface area contributed by atoms with Gasteiger partial charge in [0.05, 0.1) is 15.7 Å². The zero-order valence-electron chi connectivity index (χ0n) is 14.0. The summed E-state index contributed by atoms with van der Waals surface area (Å²) in [6.45, 7) is 0.374. The number of hydrogen-bond donors (Lipinski definition) is 0. The van der Waals surface area contributed by atoms with E-state index in [1.54, 1.807) is 0 Å². The third-order valence-corrected chi connectivity index (χ3v) is 7.35. The molecule has 0 amide bonds. The van der Waals surface area contributed by atoms with Gasteiger partial charge in [-0.1, -0.05) is 23.7 Å². The molecule has 1 aliphatic rings. The first-order valence-corrected chi connectivity index (χ1v) is 11.1. The minimum atomic E-state index is -3.66. The summed E-state index contributed by atoms with van der Waals surface area (Å²) in [4.78, 5) is 0.835. The Morgan fingerprint density at radius 1 is 1.33 bits per heavy atom. The van der Waals surface area contributed by atoms with E-state index >= 15 is 0 Å². The lowest BCUT2D eigenvalue weighted by atomic mass is 10.2. The predicted molar refractivity (Wildman–Crippen MR) is 100 cm³/mol. The molecule has 0 spiro atoms. The van der Waals surface area contributed by atoms with Gasteiger partial charge in [0.15, 0.2) is 0 Å². The summed E-state index contributed by atoms with van der Waals surface area (Å²) in [6.07, 6.45) is 1.31. The lowest BCUT2D eigenvalue weighted by molar-refractivity contribution is 0.332. The number of nitrogens with zero attached hydrogens (tertiary/aromatic N) is 3. The fourth-order valence-corrected chi connectivity index (χ4v) is 5.72. The molecule has 1 aromatic carbocycles. The summed E-state index contributed by atoms with van der Waals surface area (Å²) in [7, 11) is -3.66. The molecule has 1 aliphatic heterocycles. The van der Waals surface area contributed by atoms with Crippen LogP contribution in [-0.2, 0) is 15.8 Å². The molecular formula is C17H15ClFN3O3S2. The van der Waals surface area contributed by atoms with E-state index < -0.39 is 21.9 Å². The molecule has 0 N–H and O–H groups in total. The third-order valence-electron chi connectivity index (χ3n) is 4.35. The number of aromatic nitrogens is 2. The first-order chi connectivity index (χ1) is 12.9. The van der Waals surface area contributed by atoms with Crippen molar-refractivity contribution < 1.29 is 17.2 Å². The number of sulfonamides is 1. The van der Waals surface area contributed by atoms with E-state index in [4.69, 9.17) is 16.0 Å². The SMILES string of the molecule is O=S(=O)(Cc1ccc(F)c(Cl)c1)N1CCCC1c1nnc(-c2cccs2)o1. The van der Waals surface area contributed by atoms with Crippen molar-refractivity contribution in [2.75, 3.05) is 6.54 Å². The second-order valence-electron chi connectivity index (χ2n) is 6.20. The van der Waals surface area contributed by atoms with Crippen LogP contribution in [0.4, 0.5) is 4.39 Å². The highest BCUT2D eigenvalue weighted by Crippen LogP contribution is 2.36. The summed E-state index contributed by atoms with van der Waals surface area (Å²) in [6, 6.07) is 7.17. The van der Waals surface area contributed by atoms with E-state index in [0.717, 1.165) is 4.88 Å². The van der Waals surface area contributed by atoms with Crippen molar-refractivity contribution in [2.24, 2.45) is 0 Å². The first kappa shape index (κ1) is 18.5. The number of rotatable bonds is 5. The van der Waals surface area contributed by atoms with Crippen LogP contribution in [0.15, 0.2) is 40.1 Å². The lowest BCUT2D eigenvalue weighted by Gasteiger charge is -2.21. The van der Waals surface area contributed by atoms with E-state index in [1.807, 2.05) is 17.5 Å². The maximum absolute atomic E-state index is 13.3. The van der Waals surface area contributed by atoms with Crippen LogP contribution in [0.25, 0.3) is 10.8 Å². The highest BCUT2D eigenvalue weighted by Gasteiger charge is 2.38. The number of benzene rings is 1. The Kier molecular flexibility index (Phi) is 5.02. The molecule has 3 aromatic rings. The minimum absolute atomic E-state index is 0.0989. The fourth-order valence-electron chi connectivity index (χ4n) is 3.11. The molecule has 10 heteroatoms. The molecule has 4 rings (SSSR count). The highest BCUT2D eigenvalue weighted by molar-refractivity contribution is 7.88. The van der Waals surface area contributed by atoms with E-state index in [-0.39, 0.29) is 16.7 Å². The summed E-state index contributed by atoms with van der Waals surface area (Å²) in [5.41, 5.74) is 0.428. The van der Waals surface area contributed by atoms with Crippen molar-refractivity contribution in [3.63, 3.8) is 0 Å². The van der Waals surface area contributed by atoms with Gasteiger partial charge in [0, 0.05) is 6.54 Å². The highest BCUT2D eigenvalue weighted by atomic mass is 35.5. The Hall–Kier alpha value is -1.81. The van der Waals surface area contributed by atoms with Crippen LogP contribution in [-0.4, -0.2) is 29.5 Å². The van der Waals surface area contributed by atoms with Crippen molar-refractivity contribution in [2.45, 2.75) is 24.6 Å². The van der Waals surface area contributed by atoms with Crippen LogP contribution in [0.5, 0.6) is 0 Å². The summed E-state index contributed by atoms with van der Waals surface area (Å²) in [5, 5.41) is 9.91. The van der Waals surface area contributed by atoms with Crippen molar-refractivity contribution in [1.29, 1.82) is 0 Å². The number of halogens is 2. The van der Waals surface area contributed by atoms with Gasteiger partial charge in [0.25, 0.3) is 5.89 Å². The average molecular weight is 428 g/mol. The van der Waals surface area contributed by atoms with Crippen molar-refractivity contribution in [3.05, 3.63) is 58.0 Å². The first-order valence-electron chi connectivity index (χ1n) is 8.25. The largest absolute Gasteiger partial charge is 0.418 e. The zero-order valence-corrected chi connectivity index (χ0v) is 16.4. The summed E-state index contributed by atoms with van der Waals surface area (Å²) < 4.78 is 46.3. The van der Waals surface area contributed by atoms with Crippen LogP contribution in [0.3, 0.4) is 0 Å². The van der Waals surface area contributed by atoms with Gasteiger partial charge in [0.2, 0.25) is 15.9 Å². The molecule has 1 unspecified atom stereocenters. The Morgan fingerprint density at radius 2 is 2.19 bits per heavy atom. The van der Waals surface area contributed by atoms with Gasteiger partial charge in [-0.05, 0) is 42.0 Å². The van der Waals surface area contributed by atoms with Gasteiger partial charge < -0.3 is 4.42 Å². The van der Waals surface area contributed by atoms with Gasteiger partial charge in [-0.3, -0.25) is 0 Å². The smallest absolute Gasteiger partial charge is 0.257 e. The lowest BCUT2D eigenvalue weighted by Crippen LogP contribution is -2.32. The summed E-state index contributed by atoms with van der Waals surface area (Å²) in [5.74, 6) is -0.176. The van der Waals surface area contributed by atoms with Gasteiger partial charge in [-0.25, -0.2) is 12.8 Å². The van der Waals surface area contributed by atoms with Crippen LogP contribution in [0.2, 0.25) is 5.02 Å². The van der Waals surface area contributed by atoms with Crippen molar-refractivity contribution >= 4 is 33.0 Å². The Labute approximate surface area is 164 Å². The van der Waals surface area contributed by atoms with E-state index in [1.165, 1.54) is 33.8 Å². The fraction of sp³-hybridized carbons (Fsp3) is 0.294. The number of hydrogen-bond acceptors (Lipinski definition) is 6. The normalized spacial score (nSPS) is 18.2. The molecule has 0 aliphatic carbocycles. The summed E-state index contributed by atoms with van der Waals surface area (Å²) >= 11 is 7.23. The standard InChI is InChI=1S/C17H15ClFN3O3S2/c18-12-9-11(5-6-13(12)19)10-27(23,24)22-7-1-3-14(22)16-20-21-17(25-16)15-4-2-8-26-15/h2,4-6,8-9,14H,1,3,7,10H2. The van der Waals surface area contributed by atoms with Gasteiger partial charge >= 0.3 is 0 Å². The Bertz CT molecular complexity index is 1050. The van der Waals surface area contributed by atoms with Crippen molar-refractivity contribution in [3.8, 4) is 10.8 Å². The van der Waals surface area contributed by atoms with Gasteiger partial charge in [-0.2, -0.15) is 4.31 Å². The molecule has 6 nitrogen and oxygen atoms in total. The number of thiophene rings is 1. The molecule has 0 radical (unpaired) electrons. The monoisotopic (exact) mass is 427 g/mol. The molecule has 0 saturated carbocycles. The topological polar surface area (TPSA) is 76.3 Å². The molecule has 1 atom stereocenters. The van der Waals surface area contributed by atoms with Crippen molar-refractivity contribution in [1.82, 2.24) is 14.5 Å². The van der Waals surface area contributed by atoms with Crippen LogP contribution in [0, 0.1) is 5.82 Å². The second-order valence-corrected chi connectivity index (χ2v) is 9.47. The predicted octanol–water partition coefficient (Wildman–Crippen LogP) is 4.26. The maximum Gasteiger partial charge on any atom is 0.257 e. The molecule has 3 heterocycles. The zero-order chi connectivity index (χ0) is 19.0. The Balaban J connectivity index is 1.57. The van der Waals surface area contributed by atoms with E-state index in [0.29, 0.717) is 30.8 Å². The molecule has 0 bridgehead atoms. The maximum atomic E-state index is 13.3. The van der Waals surface area contributed by atoms with Crippen LogP contribution in [0.1, 0.15) is 30.3 Å². The van der Waals surface area contributed by atoms with Gasteiger partial charge in [-0.15, -0.1) is 21.5 Å². The minimum Gasteiger partial charge on any atom is -0.418 e. The molecule has 1 fully saturated rings. The van der Waals surface area contributed by atoms with E-state index in [9.17, 15) is 12.8 Å². The van der Waals surface area contributed by atoms with Crippen LogP contribution < -0.4 is 0 Å².